The molecule has 3 atom stereocenters. The average molecular weight is 245 g/mol. The summed E-state index contributed by atoms with van der Waals surface area (Å²) in [6.45, 7) is 4.58. The van der Waals surface area contributed by atoms with E-state index in [0.717, 1.165) is 12.8 Å². The van der Waals surface area contributed by atoms with E-state index in [4.69, 9.17) is 15.2 Å². The van der Waals surface area contributed by atoms with Gasteiger partial charge in [0.1, 0.15) is 6.04 Å². The molecule has 3 unspecified atom stereocenters. The van der Waals surface area contributed by atoms with Crippen molar-refractivity contribution in [2.24, 2.45) is 5.73 Å². The molecular formula is C12H23NO4. The first-order chi connectivity index (χ1) is 8.02. The molecule has 0 saturated carbocycles. The molecule has 0 radical (unpaired) electrons. The molecule has 1 heterocycles. The van der Waals surface area contributed by atoms with Crippen LogP contribution in [0.1, 0.15) is 33.1 Å². The minimum atomic E-state index is -0.588. The lowest BCUT2D eigenvalue weighted by Crippen LogP contribution is -2.36. The van der Waals surface area contributed by atoms with Crippen LogP contribution in [0.15, 0.2) is 0 Å². The smallest absolute Gasteiger partial charge is 0.322 e. The molecule has 17 heavy (non-hydrogen) atoms. The third-order valence-corrected chi connectivity index (χ3v) is 2.94. The Morgan fingerprint density at radius 3 is 2.53 bits per heavy atom. The van der Waals surface area contributed by atoms with Gasteiger partial charge in [0.05, 0.1) is 25.4 Å². The van der Waals surface area contributed by atoms with E-state index in [9.17, 15) is 4.79 Å². The topological polar surface area (TPSA) is 70.8 Å². The average Bonchev–Trinajstić information content (AvgIpc) is 2.26. The molecule has 1 saturated heterocycles. The highest BCUT2D eigenvalue weighted by Crippen LogP contribution is 2.21. The lowest BCUT2D eigenvalue weighted by molar-refractivity contribution is -0.143. The fourth-order valence-electron chi connectivity index (χ4n) is 2.11. The zero-order valence-electron chi connectivity index (χ0n) is 10.8. The van der Waals surface area contributed by atoms with Crippen molar-refractivity contribution in [3.8, 4) is 0 Å². The summed E-state index contributed by atoms with van der Waals surface area (Å²) in [7, 11) is 1.34. The van der Waals surface area contributed by atoms with Gasteiger partial charge in [-0.15, -0.1) is 0 Å². The number of rotatable bonds is 5. The molecule has 0 spiro atoms. The van der Waals surface area contributed by atoms with E-state index in [2.05, 4.69) is 4.74 Å². The van der Waals surface area contributed by atoms with Crippen molar-refractivity contribution in [3.05, 3.63) is 0 Å². The van der Waals surface area contributed by atoms with Gasteiger partial charge in [-0.05, 0) is 33.1 Å². The molecule has 1 fully saturated rings. The van der Waals surface area contributed by atoms with E-state index >= 15 is 0 Å². The summed E-state index contributed by atoms with van der Waals surface area (Å²) in [6, 6.07) is -0.588. The normalized spacial score (nSPS) is 30.9. The summed E-state index contributed by atoms with van der Waals surface area (Å²) in [4.78, 5) is 11.1. The highest BCUT2D eigenvalue weighted by molar-refractivity contribution is 5.75. The van der Waals surface area contributed by atoms with Gasteiger partial charge >= 0.3 is 5.97 Å². The van der Waals surface area contributed by atoms with E-state index in [1.807, 2.05) is 13.8 Å². The predicted molar refractivity (Wildman–Crippen MR) is 63.6 cm³/mol. The van der Waals surface area contributed by atoms with Gasteiger partial charge in [0.15, 0.2) is 0 Å². The van der Waals surface area contributed by atoms with Crippen molar-refractivity contribution in [3.63, 3.8) is 0 Å². The van der Waals surface area contributed by atoms with E-state index < -0.39 is 6.04 Å². The Morgan fingerprint density at radius 2 is 2.00 bits per heavy atom. The van der Waals surface area contributed by atoms with Gasteiger partial charge in [-0.1, -0.05) is 0 Å². The zero-order valence-corrected chi connectivity index (χ0v) is 10.8. The second kappa shape index (κ2) is 6.93. The van der Waals surface area contributed by atoms with Crippen molar-refractivity contribution < 1.29 is 19.0 Å². The molecule has 5 nitrogen and oxygen atoms in total. The molecule has 5 heteroatoms. The van der Waals surface area contributed by atoms with Crippen LogP contribution in [-0.4, -0.2) is 44.0 Å². The van der Waals surface area contributed by atoms with Crippen LogP contribution in [0, 0.1) is 0 Å². The predicted octanol–water partition coefficient (Wildman–Crippen LogP) is 0.849. The Morgan fingerprint density at radius 1 is 1.41 bits per heavy atom. The van der Waals surface area contributed by atoms with Gasteiger partial charge in [0.25, 0.3) is 0 Å². The molecular weight excluding hydrogens is 222 g/mol. The number of nitrogens with two attached hydrogens (primary N) is 1. The molecule has 0 aromatic carbocycles. The third-order valence-electron chi connectivity index (χ3n) is 2.94. The van der Waals surface area contributed by atoms with Gasteiger partial charge in [-0.2, -0.15) is 0 Å². The molecule has 0 amide bonds. The minimum Gasteiger partial charge on any atom is -0.468 e. The number of methoxy groups -OCH3 is 1. The van der Waals surface area contributed by atoms with Crippen molar-refractivity contribution in [1.29, 1.82) is 0 Å². The van der Waals surface area contributed by atoms with E-state index in [0.29, 0.717) is 13.0 Å². The summed E-state index contributed by atoms with van der Waals surface area (Å²) < 4.78 is 15.9. The lowest BCUT2D eigenvalue weighted by Gasteiger charge is -2.32. The Bertz CT molecular complexity index is 237. The molecule has 0 aromatic heterocycles. The Labute approximate surface area is 103 Å². The van der Waals surface area contributed by atoms with E-state index in [1.54, 1.807) is 0 Å². The van der Waals surface area contributed by atoms with E-state index in [1.165, 1.54) is 7.11 Å². The zero-order chi connectivity index (χ0) is 12.8. The molecule has 1 aliphatic heterocycles. The van der Waals surface area contributed by atoms with Crippen molar-refractivity contribution in [2.45, 2.75) is 57.5 Å². The molecule has 0 bridgehead atoms. The summed E-state index contributed by atoms with van der Waals surface area (Å²) in [6.07, 6.45) is 2.97. The van der Waals surface area contributed by atoms with Crippen LogP contribution in [0.3, 0.4) is 0 Å². The Kier molecular flexibility index (Phi) is 5.88. The van der Waals surface area contributed by atoms with Crippen LogP contribution in [0.5, 0.6) is 0 Å². The first-order valence-electron chi connectivity index (χ1n) is 6.13. The van der Waals surface area contributed by atoms with Gasteiger partial charge in [0, 0.05) is 6.61 Å². The molecule has 0 aromatic rings. The Hall–Kier alpha value is -0.650. The lowest BCUT2D eigenvalue weighted by atomic mass is 10.0. The number of hydrogen-bond acceptors (Lipinski definition) is 5. The van der Waals surface area contributed by atoms with Crippen LogP contribution in [0.2, 0.25) is 0 Å². The summed E-state index contributed by atoms with van der Waals surface area (Å²) in [5, 5.41) is 0. The quantitative estimate of drug-likeness (QED) is 0.727. The van der Waals surface area contributed by atoms with Crippen molar-refractivity contribution in [2.75, 3.05) is 13.7 Å². The summed E-state index contributed by atoms with van der Waals surface area (Å²) >= 11 is 0. The first kappa shape index (κ1) is 14.4. The van der Waals surface area contributed by atoms with Crippen LogP contribution in [0.4, 0.5) is 0 Å². The highest BCUT2D eigenvalue weighted by atomic mass is 16.5. The number of carbonyl (C=O) groups is 1. The van der Waals surface area contributed by atoms with E-state index in [-0.39, 0.29) is 24.3 Å². The van der Waals surface area contributed by atoms with Gasteiger partial charge in [-0.3, -0.25) is 4.79 Å². The maximum absolute atomic E-state index is 11.1. The van der Waals surface area contributed by atoms with Crippen LogP contribution in [0.25, 0.3) is 0 Å². The van der Waals surface area contributed by atoms with Crippen LogP contribution < -0.4 is 5.73 Å². The van der Waals surface area contributed by atoms with Gasteiger partial charge < -0.3 is 19.9 Å². The fourth-order valence-corrected chi connectivity index (χ4v) is 2.11. The first-order valence-corrected chi connectivity index (χ1v) is 6.13. The maximum Gasteiger partial charge on any atom is 0.322 e. The second-order valence-electron chi connectivity index (χ2n) is 4.64. The van der Waals surface area contributed by atoms with Gasteiger partial charge in [0.2, 0.25) is 0 Å². The highest BCUT2D eigenvalue weighted by Gasteiger charge is 2.25. The maximum atomic E-state index is 11.1. The number of ether oxygens (including phenoxy) is 3. The summed E-state index contributed by atoms with van der Waals surface area (Å²) in [5.74, 6) is -0.387. The van der Waals surface area contributed by atoms with Crippen LogP contribution >= 0.6 is 0 Å². The van der Waals surface area contributed by atoms with Crippen LogP contribution in [-0.2, 0) is 19.0 Å². The number of esters is 1. The molecule has 0 aliphatic carbocycles. The van der Waals surface area contributed by atoms with Gasteiger partial charge in [-0.25, -0.2) is 0 Å². The molecule has 1 aliphatic rings. The third kappa shape index (κ3) is 5.02. The number of hydrogen-bond donors (Lipinski definition) is 1. The number of carbonyl (C=O) groups excluding carboxylic acids is 1. The van der Waals surface area contributed by atoms with Crippen molar-refractivity contribution in [1.82, 2.24) is 0 Å². The molecule has 100 valence electrons. The second-order valence-corrected chi connectivity index (χ2v) is 4.64. The van der Waals surface area contributed by atoms with Crippen molar-refractivity contribution >= 4 is 5.97 Å². The Balaban J connectivity index is 2.20. The monoisotopic (exact) mass is 245 g/mol. The molecule has 1 rings (SSSR count). The fraction of sp³-hybridized carbons (Fsp3) is 0.917. The standard InChI is InChI=1S/C12H23NO4/c1-8-6-10(7-9(2)17-8)16-5-4-11(13)12(14)15-3/h8-11H,4-7,13H2,1-3H3. The minimum absolute atomic E-state index is 0.207. The summed E-state index contributed by atoms with van der Waals surface area (Å²) in [5.41, 5.74) is 5.62. The largest absolute Gasteiger partial charge is 0.468 e. The SMILES string of the molecule is COC(=O)C(N)CCOC1CC(C)OC(C)C1. The molecule has 2 N–H and O–H groups in total.